The zero-order chi connectivity index (χ0) is 13.1. The topological polar surface area (TPSA) is 23.5 Å². The van der Waals surface area contributed by atoms with E-state index in [1.165, 1.54) is 12.8 Å². The fourth-order valence-electron chi connectivity index (χ4n) is 3.53. The molecule has 0 aromatic heterocycles. The molecule has 1 saturated carbocycles. The summed E-state index contributed by atoms with van der Waals surface area (Å²) in [4.78, 5) is 2.21. The summed E-state index contributed by atoms with van der Waals surface area (Å²) in [6, 6.07) is 0. The maximum atomic E-state index is 11.0. The van der Waals surface area contributed by atoms with Crippen LogP contribution < -0.4 is 0 Å². The van der Waals surface area contributed by atoms with Gasteiger partial charge in [-0.1, -0.05) is 27.2 Å². The van der Waals surface area contributed by atoms with Crippen molar-refractivity contribution < 1.29 is 5.11 Å². The molecule has 0 aromatic rings. The van der Waals surface area contributed by atoms with Gasteiger partial charge in [-0.25, -0.2) is 0 Å². The Hall–Kier alpha value is -0.0800. The first-order valence-electron chi connectivity index (χ1n) is 7.22. The number of rotatable bonds is 5. The summed E-state index contributed by atoms with van der Waals surface area (Å²) in [5.41, 5.74) is -0.401. The quantitative estimate of drug-likeness (QED) is 0.799. The van der Waals surface area contributed by atoms with Crippen LogP contribution in [-0.4, -0.2) is 36.2 Å². The van der Waals surface area contributed by atoms with Crippen LogP contribution in [0, 0.1) is 17.8 Å². The summed E-state index contributed by atoms with van der Waals surface area (Å²) in [6.07, 6.45) is 5.58. The zero-order valence-electron chi connectivity index (χ0n) is 12.4. The largest absolute Gasteiger partial charge is 0.390 e. The second-order valence-electron chi connectivity index (χ2n) is 6.75. The molecule has 0 radical (unpaired) electrons. The van der Waals surface area contributed by atoms with E-state index in [0.29, 0.717) is 17.8 Å². The van der Waals surface area contributed by atoms with E-state index in [-0.39, 0.29) is 0 Å². The monoisotopic (exact) mass is 241 g/mol. The van der Waals surface area contributed by atoms with E-state index in [2.05, 4.69) is 39.8 Å². The lowest BCUT2D eigenvalue weighted by molar-refractivity contribution is -0.0874. The van der Waals surface area contributed by atoms with Gasteiger partial charge in [0.25, 0.3) is 0 Å². The highest BCUT2D eigenvalue weighted by molar-refractivity contribution is 4.93. The number of nitrogens with zero attached hydrogens (tertiary/aromatic N) is 1. The van der Waals surface area contributed by atoms with E-state index in [9.17, 15) is 5.11 Å². The van der Waals surface area contributed by atoms with Gasteiger partial charge in [0.2, 0.25) is 0 Å². The van der Waals surface area contributed by atoms with Crippen molar-refractivity contribution in [3.63, 3.8) is 0 Å². The van der Waals surface area contributed by atoms with Crippen LogP contribution in [0.1, 0.15) is 52.9 Å². The molecule has 1 aliphatic carbocycles. The lowest BCUT2D eigenvalue weighted by atomic mass is 9.65. The molecule has 0 bridgehead atoms. The summed E-state index contributed by atoms with van der Waals surface area (Å²) in [6.45, 7) is 7.89. The maximum Gasteiger partial charge on any atom is 0.0681 e. The normalized spacial score (nSPS) is 34.6. The van der Waals surface area contributed by atoms with E-state index in [4.69, 9.17) is 0 Å². The predicted octanol–water partition coefficient (Wildman–Crippen LogP) is 3.15. The van der Waals surface area contributed by atoms with E-state index >= 15 is 0 Å². The molecule has 0 spiro atoms. The minimum atomic E-state index is -0.401. The molecule has 1 fully saturated rings. The first-order valence-corrected chi connectivity index (χ1v) is 7.22. The molecule has 0 unspecified atom stereocenters. The summed E-state index contributed by atoms with van der Waals surface area (Å²) in [5, 5.41) is 11.0. The third kappa shape index (κ3) is 4.26. The Bertz CT molecular complexity index is 227. The van der Waals surface area contributed by atoms with Gasteiger partial charge in [-0.05, 0) is 64.1 Å². The fourth-order valence-corrected chi connectivity index (χ4v) is 3.53. The Morgan fingerprint density at radius 1 is 1.29 bits per heavy atom. The van der Waals surface area contributed by atoms with Crippen molar-refractivity contribution in [2.24, 2.45) is 17.8 Å². The average Bonchev–Trinajstić information content (AvgIpc) is 2.15. The van der Waals surface area contributed by atoms with Crippen molar-refractivity contribution in [1.29, 1.82) is 0 Å². The molecule has 2 nitrogen and oxygen atoms in total. The van der Waals surface area contributed by atoms with Crippen molar-refractivity contribution >= 4 is 0 Å². The molecular weight excluding hydrogens is 210 g/mol. The molecule has 1 aliphatic rings. The van der Waals surface area contributed by atoms with Crippen LogP contribution in [0.25, 0.3) is 0 Å². The van der Waals surface area contributed by atoms with Crippen molar-refractivity contribution in [1.82, 2.24) is 4.90 Å². The zero-order valence-corrected chi connectivity index (χ0v) is 12.4. The Morgan fingerprint density at radius 2 is 1.94 bits per heavy atom. The minimum Gasteiger partial charge on any atom is -0.390 e. The van der Waals surface area contributed by atoms with E-state index in [1.54, 1.807) is 0 Å². The fraction of sp³-hybridized carbons (Fsp3) is 1.00. The predicted molar refractivity (Wildman–Crippen MR) is 74.1 cm³/mol. The van der Waals surface area contributed by atoms with Crippen molar-refractivity contribution in [2.75, 3.05) is 20.6 Å². The van der Waals surface area contributed by atoms with Gasteiger partial charge in [0.15, 0.2) is 0 Å². The summed E-state index contributed by atoms with van der Waals surface area (Å²) in [7, 11) is 4.21. The van der Waals surface area contributed by atoms with Crippen LogP contribution in [-0.2, 0) is 0 Å². The molecule has 0 saturated heterocycles. The van der Waals surface area contributed by atoms with Gasteiger partial charge in [-0.15, -0.1) is 0 Å². The van der Waals surface area contributed by atoms with Crippen LogP contribution in [0.4, 0.5) is 0 Å². The van der Waals surface area contributed by atoms with Gasteiger partial charge >= 0.3 is 0 Å². The smallest absolute Gasteiger partial charge is 0.0681 e. The van der Waals surface area contributed by atoms with E-state index < -0.39 is 5.60 Å². The van der Waals surface area contributed by atoms with Gasteiger partial charge < -0.3 is 10.0 Å². The molecule has 17 heavy (non-hydrogen) atoms. The van der Waals surface area contributed by atoms with Crippen molar-refractivity contribution in [3.8, 4) is 0 Å². The first-order chi connectivity index (χ1) is 7.85. The SMILES string of the molecule is CC(C)[C@@H]1CC[C@@H](C)C[C@@]1(O)CCCN(C)C. The Morgan fingerprint density at radius 3 is 2.47 bits per heavy atom. The van der Waals surface area contributed by atoms with E-state index in [1.807, 2.05) is 0 Å². The lowest BCUT2D eigenvalue weighted by Crippen LogP contribution is -2.45. The highest BCUT2D eigenvalue weighted by Crippen LogP contribution is 2.43. The highest BCUT2D eigenvalue weighted by atomic mass is 16.3. The molecule has 1 rings (SSSR count). The molecule has 0 aromatic carbocycles. The summed E-state index contributed by atoms with van der Waals surface area (Å²) in [5.74, 6) is 1.79. The third-order valence-corrected chi connectivity index (χ3v) is 4.38. The third-order valence-electron chi connectivity index (χ3n) is 4.38. The van der Waals surface area contributed by atoms with Crippen molar-refractivity contribution in [2.45, 2.75) is 58.5 Å². The maximum absolute atomic E-state index is 11.0. The van der Waals surface area contributed by atoms with Crippen LogP contribution in [0.5, 0.6) is 0 Å². The van der Waals surface area contributed by atoms with Crippen LogP contribution in [0.3, 0.4) is 0 Å². The Balaban J connectivity index is 2.58. The van der Waals surface area contributed by atoms with Gasteiger partial charge in [-0.2, -0.15) is 0 Å². The number of hydrogen-bond donors (Lipinski definition) is 1. The standard InChI is InChI=1S/C15H31NO/c1-12(2)14-8-7-13(3)11-15(14,17)9-6-10-16(4)5/h12-14,17H,6-11H2,1-5H3/t13-,14+,15+/m1/s1. The first kappa shape index (κ1) is 15.0. The van der Waals surface area contributed by atoms with Gasteiger partial charge in [0, 0.05) is 0 Å². The minimum absolute atomic E-state index is 0.401. The van der Waals surface area contributed by atoms with Gasteiger partial charge in [-0.3, -0.25) is 0 Å². The molecule has 3 atom stereocenters. The van der Waals surface area contributed by atoms with Crippen molar-refractivity contribution in [3.05, 3.63) is 0 Å². The molecular formula is C15H31NO. The van der Waals surface area contributed by atoms with Crippen LogP contribution >= 0.6 is 0 Å². The second kappa shape index (κ2) is 6.19. The molecule has 102 valence electrons. The second-order valence-corrected chi connectivity index (χ2v) is 6.75. The summed E-state index contributed by atoms with van der Waals surface area (Å²) >= 11 is 0. The van der Waals surface area contributed by atoms with Crippen LogP contribution in [0.15, 0.2) is 0 Å². The molecule has 1 N–H and O–H groups in total. The number of aliphatic hydroxyl groups is 1. The van der Waals surface area contributed by atoms with Gasteiger partial charge in [0.05, 0.1) is 5.60 Å². The number of hydrogen-bond acceptors (Lipinski definition) is 2. The Labute approximate surface area is 107 Å². The molecule has 0 amide bonds. The Kier molecular flexibility index (Phi) is 5.46. The lowest BCUT2D eigenvalue weighted by Gasteiger charge is -2.45. The summed E-state index contributed by atoms with van der Waals surface area (Å²) < 4.78 is 0. The molecule has 0 aliphatic heterocycles. The van der Waals surface area contributed by atoms with E-state index in [0.717, 1.165) is 25.8 Å². The average molecular weight is 241 g/mol. The highest BCUT2D eigenvalue weighted by Gasteiger charge is 2.41. The van der Waals surface area contributed by atoms with Crippen LogP contribution in [0.2, 0.25) is 0 Å². The van der Waals surface area contributed by atoms with Gasteiger partial charge in [0.1, 0.15) is 0 Å². The molecule has 0 heterocycles. The molecule has 2 heteroatoms.